The molecule has 0 unspecified atom stereocenters. The molecular weight excluding hydrogens is 530 g/mol. The number of benzene rings is 2. The van der Waals surface area contributed by atoms with Crippen molar-refractivity contribution in [1.29, 1.82) is 0 Å². The van der Waals surface area contributed by atoms with E-state index in [1.807, 2.05) is 12.1 Å². The van der Waals surface area contributed by atoms with Gasteiger partial charge in [-0.25, -0.2) is 18.7 Å². The summed E-state index contributed by atoms with van der Waals surface area (Å²) in [6.07, 6.45) is 5.22. The first-order valence-electron chi connectivity index (χ1n) is 13.6. The van der Waals surface area contributed by atoms with Crippen molar-refractivity contribution in [3.63, 3.8) is 0 Å². The minimum Gasteiger partial charge on any atom is -0.495 e. The molecule has 0 aliphatic carbocycles. The van der Waals surface area contributed by atoms with Gasteiger partial charge in [0.15, 0.2) is 23.1 Å². The normalized spacial score (nSPS) is 16.1. The third-order valence-electron chi connectivity index (χ3n) is 7.47. The van der Waals surface area contributed by atoms with Crippen molar-refractivity contribution in [3.05, 3.63) is 59.4 Å². The number of hydrogen-bond donors (Lipinski definition) is 2. The third kappa shape index (κ3) is 6.45. The fourth-order valence-electron chi connectivity index (χ4n) is 5.25. The quantitative estimate of drug-likeness (QED) is 0.417. The van der Waals surface area contributed by atoms with Crippen LogP contribution in [0.4, 0.5) is 26.1 Å². The first-order valence-corrected chi connectivity index (χ1v) is 13.6. The van der Waals surface area contributed by atoms with Crippen LogP contribution in [-0.2, 0) is 0 Å². The van der Waals surface area contributed by atoms with Crippen molar-refractivity contribution in [2.45, 2.75) is 18.9 Å². The number of nitrogens with one attached hydrogen (secondary N) is 2. The number of piperidine rings is 1. The first kappa shape index (κ1) is 28.4. The fourth-order valence-corrected chi connectivity index (χ4v) is 5.25. The minimum absolute atomic E-state index is 0.163. The highest BCUT2D eigenvalue weighted by Crippen LogP contribution is 2.34. The zero-order chi connectivity index (χ0) is 28.8. The van der Waals surface area contributed by atoms with Gasteiger partial charge in [-0.3, -0.25) is 4.90 Å². The lowest BCUT2D eigenvalue weighted by Crippen LogP contribution is -2.52. The fraction of sp³-hybridized carbons (Fsp3) is 0.400. The molecular formula is C30H34F2N6O3. The molecule has 9 nitrogen and oxygen atoms in total. The molecule has 216 valence electrons. The van der Waals surface area contributed by atoms with Gasteiger partial charge in [0.25, 0.3) is 0 Å². The van der Waals surface area contributed by atoms with Gasteiger partial charge in [-0.05, 0) is 25.0 Å². The average Bonchev–Trinajstić information content (AvgIpc) is 3.02. The summed E-state index contributed by atoms with van der Waals surface area (Å²) in [6.45, 7) is 6.36. The Kier molecular flexibility index (Phi) is 9.01. The van der Waals surface area contributed by atoms with Crippen LogP contribution in [0.3, 0.4) is 0 Å². The lowest BCUT2D eigenvalue weighted by atomic mass is 10.0. The molecule has 41 heavy (non-hydrogen) atoms. The summed E-state index contributed by atoms with van der Waals surface area (Å²) in [5.74, 6) is 4.19. The number of piperazine rings is 1. The SMILES string of the molecule is COc1cc(Nc2ncc(C#Cc3c(F)c(OC)cc(OC)c3F)cn2)ccc1N1CCC(N2CCNCC2)CC1. The summed E-state index contributed by atoms with van der Waals surface area (Å²) < 4.78 is 44.8. The van der Waals surface area contributed by atoms with E-state index in [-0.39, 0.29) is 11.5 Å². The lowest BCUT2D eigenvalue weighted by Gasteiger charge is -2.41. The molecule has 0 bridgehead atoms. The first-order chi connectivity index (χ1) is 20.0. The Hall–Kier alpha value is -4.14. The molecule has 11 heteroatoms. The Morgan fingerprint density at radius 2 is 1.49 bits per heavy atom. The predicted octanol–water partition coefficient (Wildman–Crippen LogP) is 3.80. The van der Waals surface area contributed by atoms with E-state index >= 15 is 0 Å². The van der Waals surface area contributed by atoms with Crippen molar-refractivity contribution in [2.24, 2.45) is 0 Å². The average molecular weight is 565 g/mol. The minimum atomic E-state index is -0.904. The monoisotopic (exact) mass is 564 g/mol. The molecule has 3 aromatic rings. The van der Waals surface area contributed by atoms with Crippen LogP contribution in [0, 0.1) is 23.5 Å². The number of rotatable bonds is 7. The van der Waals surface area contributed by atoms with E-state index in [1.54, 1.807) is 7.11 Å². The molecule has 2 aliphatic rings. The topological polar surface area (TPSA) is 84.0 Å². The van der Waals surface area contributed by atoms with Gasteiger partial charge < -0.3 is 29.7 Å². The van der Waals surface area contributed by atoms with E-state index in [0.29, 0.717) is 17.6 Å². The second-order valence-corrected chi connectivity index (χ2v) is 9.85. The Balaban J connectivity index is 1.24. The molecule has 2 saturated heterocycles. The summed E-state index contributed by atoms with van der Waals surface area (Å²) in [6, 6.07) is 7.73. The van der Waals surface area contributed by atoms with Crippen LogP contribution in [0.2, 0.25) is 0 Å². The van der Waals surface area contributed by atoms with E-state index in [0.717, 1.165) is 75.3 Å². The van der Waals surface area contributed by atoms with E-state index < -0.39 is 17.2 Å². The number of halogens is 2. The summed E-state index contributed by atoms with van der Waals surface area (Å²) in [5, 5.41) is 6.60. The Labute approximate surface area is 238 Å². The van der Waals surface area contributed by atoms with Crippen LogP contribution in [0.15, 0.2) is 36.7 Å². The molecule has 1 aromatic heterocycles. The van der Waals surface area contributed by atoms with Gasteiger partial charge in [0, 0.05) is 75.5 Å². The summed E-state index contributed by atoms with van der Waals surface area (Å²) in [5.41, 5.74) is 1.77. The van der Waals surface area contributed by atoms with Crippen molar-refractivity contribution >= 4 is 17.3 Å². The van der Waals surface area contributed by atoms with Gasteiger partial charge in [0.2, 0.25) is 5.95 Å². The highest BCUT2D eigenvalue weighted by molar-refractivity contribution is 5.67. The van der Waals surface area contributed by atoms with Crippen LogP contribution in [-0.4, -0.2) is 81.5 Å². The maximum absolute atomic E-state index is 14.6. The van der Waals surface area contributed by atoms with Gasteiger partial charge in [0.1, 0.15) is 11.3 Å². The molecule has 2 aliphatic heterocycles. The molecule has 0 saturated carbocycles. The largest absolute Gasteiger partial charge is 0.495 e. The van der Waals surface area contributed by atoms with Crippen molar-refractivity contribution < 1.29 is 23.0 Å². The summed E-state index contributed by atoms with van der Waals surface area (Å²) in [7, 11) is 4.24. The van der Waals surface area contributed by atoms with Crippen molar-refractivity contribution in [3.8, 4) is 29.1 Å². The van der Waals surface area contributed by atoms with Crippen LogP contribution < -0.4 is 29.7 Å². The zero-order valence-corrected chi connectivity index (χ0v) is 23.5. The standard InChI is InChI=1S/C30H34F2N6O3/c1-39-25-16-21(5-7-24(25)38-12-8-22(9-13-38)37-14-10-33-11-15-37)36-30-34-18-20(19-35-30)4-6-23-28(31)26(40-2)17-27(41-3)29(23)32/h5,7,16-19,22,33H,8-15H2,1-3H3,(H,34,35,36). The van der Waals surface area contributed by atoms with Crippen molar-refractivity contribution in [2.75, 3.05) is 70.8 Å². The number of ether oxygens (including phenoxy) is 3. The number of anilines is 3. The molecule has 0 atom stereocenters. The molecule has 5 rings (SSSR count). The molecule has 0 radical (unpaired) electrons. The van der Waals surface area contributed by atoms with Crippen LogP contribution in [0.5, 0.6) is 17.2 Å². The maximum atomic E-state index is 14.6. The molecule has 2 N–H and O–H groups in total. The van der Waals surface area contributed by atoms with E-state index in [2.05, 4.69) is 48.3 Å². The molecule has 0 spiro atoms. The van der Waals surface area contributed by atoms with Gasteiger partial charge in [-0.15, -0.1) is 0 Å². The summed E-state index contributed by atoms with van der Waals surface area (Å²) in [4.78, 5) is 13.6. The van der Waals surface area contributed by atoms with E-state index in [1.165, 1.54) is 26.6 Å². The maximum Gasteiger partial charge on any atom is 0.227 e. The van der Waals surface area contributed by atoms with Gasteiger partial charge >= 0.3 is 0 Å². The third-order valence-corrected chi connectivity index (χ3v) is 7.47. The Morgan fingerprint density at radius 3 is 2.10 bits per heavy atom. The number of nitrogens with zero attached hydrogens (tertiary/aromatic N) is 4. The lowest BCUT2D eigenvalue weighted by molar-refractivity contribution is 0.150. The molecule has 2 aromatic carbocycles. The highest BCUT2D eigenvalue weighted by atomic mass is 19.1. The Bertz CT molecular complexity index is 1380. The second kappa shape index (κ2) is 13.0. The molecule has 2 fully saturated rings. The van der Waals surface area contributed by atoms with E-state index in [4.69, 9.17) is 14.2 Å². The van der Waals surface area contributed by atoms with Crippen LogP contribution >= 0.6 is 0 Å². The van der Waals surface area contributed by atoms with Gasteiger partial charge in [-0.1, -0.05) is 11.8 Å². The predicted molar refractivity (Wildman–Crippen MR) is 153 cm³/mol. The summed E-state index contributed by atoms with van der Waals surface area (Å²) >= 11 is 0. The number of hydrogen-bond acceptors (Lipinski definition) is 9. The van der Waals surface area contributed by atoms with Gasteiger partial charge in [-0.2, -0.15) is 0 Å². The zero-order valence-electron chi connectivity index (χ0n) is 23.5. The van der Waals surface area contributed by atoms with E-state index in [9.17, 15) is 8.78 Å². The van der Waals surface area contributed by atoms with Crippen LogP contribution in [0.1, 0.15) is 24.0 Å². The smallest absolute Gasteiger partial charge is 0.227 e. The molecule has 0 amide bonds. The number of aromatic nitrogens is 2. The van der Waals surface area contributed by atoms with Crippen LogP contribution in [0.25, 0.3) is 0 Å². The van der Waals surface area contributed by atoms with Crippen molar-refractivity contribution in [1.82, 2.24) is 20.2 Å². The highest BCUT2D eigenvalue weighted by Gasteiger charge is 2.27. The number of methoxy groups -OCH3 is 3. The molecule has 3 heterocycles. The van der Waals surface area contributed by atoms with Gasteiger partial charge in [0.05, 0.1) is 32.6 Å². The second-order valence-electron chi connectivity index (χ2n) is 9.85. The Morgan fingerprint density at radius 1 is 0.854 bits per heavy atom.